The molecule has 7 nitrogen and oxygen atoms in total. The average molecular weight is 260 g/mol. The largest absolute Gasteiger partial charge is 0.394 e. The molecule has 0 amide bonds. The minimum atomic E-state index is -3.67. The highest BCUT2D eigenvalue weighted by molar-refractivity contribution is 7.85. The zero-order valence-corrected chi connectivity index (χ0v) is 10.3. The number of aliphatic hydroxyl groups excluding tert-OH is 2. The number of hydrogen-bond acceptors (Lipinski definition) is 6. The lowest BCUT2D eigenvalue weighted by Crippen LogP contribution is -2.14. The third-order valence-corrected chi connectivity index (χ3v) is 0.967. The van der Waals surface area contributed by atoms with E-state index in [1.165, 1.54) is 0 Å². The van der Waals surface area contributed by atoms with Crippen LogP contribution in [0, 0.1) is 0 Å². The van der Waals surface area contributed by atoms with Crippen molar-refractivity contribution >= 4 is 10.1 Å². The van der Waals surface area contributed by atoms with E-state index in [0.717, 1.165) is 0 Å². The molecule has 100 valence electrons. The van der Waals surface area contributed by atoms with E-state index in [9.17, 15) is 8.42 Å². The lowest BCUT2D eigenvalue weighted by Gasteiger charge is -2.05. The van der Waals surface area contributed by atoms with Crippen molar-refractivity contribution in [1.29, 1.82) is 0 Å². The SMILES string of the molecule is CC(O)COCCOCCO.CS(=O)(=O)O. The molecule has 0 aromatic rings. The van der Waals surface area contributed by atoms with E-state index in [0.29, 0.717) is 32.7 Å². The first-order chi connectivity index (χ1) is 7.27. The molecular weight excluding hydrogens is 240 g/mol. The van der Waals surface area contributed by atoms with E-state index in [1.54, 1.807) is 6.92 Å². The lowest BCUT2D eigenvalue weighted by molar-refractivity contribution is 0.00292. The van der Waals surface area contributed by atoms with Crippen molar-refractivity contribution in [3.8, 4) is 0 Å². The summed E-state index contributed by atoms with van der Waals surface area (Å²) in [6.45, 7) is 3.31. The Balaban J connectivity index is 0. The van der Waals surface area contributed by atoms with E-state index in [1.807, 2.05) is 0 Å². The van der Waals surface area contributed by atoms with Gasteiger partial charge in [-0.25, -0.2) is 0 Å². The van der Waals surface area contributed by atoms with Crippen molar-refractivity contribution in [2.75, 3.05) is 39.3 Å². The minimum Gasteiger partial charge on any atom is -0.394 e. The highest BCUT2D eigenvalue weighted by atomic mass is 32.2. The smallest absolute Gasteiger partial charge is 0.261 e. The molecule has 0 aliphatic carbocycles. The van der Waals surface area contributed by atoms with Gasteiger partial charge in [0.15, 0.2) is 0 Å². The summed E-state index contributed by atoms with van der Waals surface area (Å²) in [5, 5.41) is 17.1. The van der Waals surface area contributed by atoms with Crippen molar-refractivity contribution in [1.82, 2.24) is 0 Å². The van der Waals surface area contributed by atoms with Crippen LogP contribution in [0.5, 0.6) is 0 Å². The van der Waals surface area contributed by atoms with Crippen LogP contribution in [0.4, 0.5) is 0 Å². The molecule has 0 spiro atoms. The van der Waals surface area contributed by atoms with E-state index >= 15 is 0 Å². The Morgan fingerprint density at radius 2 is 1.62 bits per heavy atom. The molecule has 0 heterocycles. The summed E-state index contributed by atoms with van der Waals surface area (Å²) >= 11 is 0. The van der Waals surface area contributed by atoms with Gasteiger partial charge in [-0.05, 0) is 6.92 Å². The molecule has 16 heavy (non-hydrogen) atoms. The first-order valence-corrected chi connectivity index (χ1v) is 6.49. The molecule has 8 heteroatoms. The van der Waals surface area contributed by atoms with Gasteiger partial charge in [0, 0.05) is 0 Å². The van der Waals surface area contributed by atoms with Crippen LogP contribution in [-0.2, 0) is 19.6 Å². The summed E-state index contributed by atoms with van der Waals surface area (Å²) in [5.41, 5.74) is 0. The molecule has 0 rings (SSSR count). The lowest BCUT2D eigenvalue weighted by atomic mass is 10.4. The molecule has 0 bridgehead atoms. The summed E-state index contributed by atoms with van der Waals surface area (Å²) in [7, 11) is -3.67. The highest BCUT2D eigenvalue weighted by Crippen LogP contribution is 1.83. The third-order valence-electron chi connectivity index (χ3n) is 0.967. The second kappa shape index (κ2) is 11.2. The Hall–Kier alpha value is -0.250. The van der Waals surface area contributed by atoms with Gasteiger partial charge in [0.2, 0.25) is 0 Å². The zero-order valence-electron chi connectivity index (χ0n) is 9.50. The summed E-state index contributed by atoms with van der Waals surface area (Å²) in [4.78, 5) is 0. The molecule has 0 aliphatic heterocycles. The first kappa shape index (κ1) is 18.1. The fourth-order valence-electron chi connectivity index (χ4n) is 0.538. The van der Waals surface area contributed by atoms with Crippen LogP contribution in [0.15, 0.2) is 0 Å². The maximum Gasteiger partial charge on any atom is 0.261 e. The second-order valence-electron chi connectivity index (χ2n) is 2.99. The zero-order chi connectivity index (χ0) is 13.0. The second-order valence-corrected chi connectivity index (χ2v) is 4.46. The summed E-state index contributed by atoms with van der Waals surface area (Å²) in [5.74, 6) is 0. The van der Waals surface area contributed by atoms with Gasteiger partial charge in [0.1, 0.15) is 0 Å². The topological polar surface area (TPSA) is 113 Å². The standard InChI is InChI=1S/C7H16O4.CH4O3S/c1-7(9)6-11-5-4-10-3-2-8;1-5(2,3)4/h7-9H,2-6H2,1H3;1H3,(H,2,3,4). The van der Waals surface area contributed by atoms with Crippen LogP contribution in [0.3, 0.4) is 0 Å². The molecule has 1 atom stereocenters. The van der Waals surface area contributed by atoms with Crippen LogP contribution >= 0.6 is 0 Å². The first-order valence-electron chi connectivity index (χ1n) is 4.64. The van der Waals surface area contributed by atoms with Gasteiger partial charge >= 0.3 is 0 Å². The van der Waals surface area contributed by atoms with Crippen molar-refractivity contribution in [2.45, 2.75) is 13.0 Å². The van der Waals surface area contributed by atoms with E-state index < -0.39 is 16.2 Å². The van der Waals surface area contributed by atoms with E-state index in [2.05, 4.69) is 0 Å². The molecule has 0 radical (unpaired) electrons. The van der Waals surface area contributed by atoms with E-state index in [-0.39, 0.29) is 6.61 Å². The molecule has 0 aromatic carbocycles. The Labute approximate surface area is 95.7 Å². The van der Waals surface area contributed by atoms with Crippen molar-refractivity contribution in [3.63, 3.8) is 0 Å². The van der Waals surface area contributed by atoms with Gasteiger partial charge < -0.3 is 19.7 Å². The van der Waals surface area contributed by atoms with E-state index in [4.69, 9.17) is 24.2 Å². The van der Waals surface area contributed by atoms with Gasteiger partial charge in [-0.1, -0.05) is 0 Å². The fourth-order valence-corrected chi connectivity index (χ4v) is 0.538. The van der Waals surface area contributed by atoms with Crippen molar-refractivity contribution in [2.24, 2.45) is 0 Å². The average Bonchev–Trinajstić information content (AvgIpc) is 2.08. The fraction of sp³-hybridized carbons (Fsp3) is 1.00. The molecule has 0 aromatic heterocycles. The van der Waals surface area contributed by atoms with Gasteiger partial charge in [-0.3, -0.25) is 4.55 Å². The van der Waals surface area contributed by atoms with Gasteiger partial charge in [0.05, 0.1) is 45.4 Å². The maximum atomic E-state index is 9.19. The molecule has 0 saturated carbocycles. The Kier molecular flexibility index (Phi) is 12.7. The quantitative estimate of drug-likeness (QED) is 0.393. The molecule has 0 saturated heterocycles. The molecule has 1 unspecified atom stereocenters. The van der Waals surface area contributed by atoms with Crippen molar-refractivity contribution < 1.29 is 32.7 Å². The molecular formula is C8H20O7S. The monoisotopic (exact) mass is 260 g/mol. The number of hydrogen-bond donors (Lipinski definition) is 3. The van der Waals surface area contributed by atoms with Crippen LogP contribution in [-0.4, -0.2) is 68.6 Å². The molecule has 3 N–H and O–H groups in total. The number of ether oxygens (including phenoxy) is 2. The predicted molar refractivity (Wildman–Crippen MR) is 57.9 cm³/mol. The number of rotatable bonds is 7. The Morgan fingerprint density at radius 1 is 1.19 bits per heavy atom. The van der Waals surface area contributed by atoms with Gasteiger partial charge in [0.25, 0.3) is 10.1 Å². The normalized spacial score (nSPS) is 12.8. The Bertz CT molecular complexity index is 217. The highest BCUT2D eigenvalue weighted by Gasteiger charge is 1.94. The van der Waals surface area contributed by atoms with Gasteiger partial charge in [-0.15, -0.1) is 0 Å². The summed E-state index contributed by atoms with van der Waals surface area (Å²) in [6.07, 6.45) is 0.292. The Morgan fingerprint density at radius 3 is 2.00 bits per heavy atom. The number of aliphatic hydroxyl groups is 2. The third kappa shape index (κ3) is 37.2. The predicted octanol–water partition coefficient (Wildman–Crippen LogP) is -1.10. The van der Waals surface area contributed by atoms with Crippen molar-refractivity contribution in [3.05, 3.63) is 0 Å². The molecule has 0 aliphatic rings. The minimum absolute atomic E-state index is 0.0381. The maximum absolute atomic E-state index is 9.19. The molecule has 0 fully saturated rings. The summed E-state index contributed by atoms with van der Waals surface area (Å²) in [6, 6.07) is 0. The van der Waals surface area contributed by atoms with Crippen LogP contribution in [0.2, 0.25) is 0 Å². The summed E-state index contributed by atoms with van der Waals surface area (Å²) < 4.78 is 35.8. The van der Waals surface area contributed by atoms with Crippen LogP contribution in [0.25, 0.3) is 0 Å². The van der Waals surface area contributed by atoms with Gasteiger partial charge in [-0.2, -0.15) is 8.42 Å². The van der Waals surface area contributed by atoms with Crippen LogP contribution < -0.4 is 0 Å². The van der Waals surface area contributed by atoms with Crippen LogP contribution in [0.1, 0.15) is 6.92 Å².